The van der Waals surface area contributed by atoms with Gasteiger partial charge in [-0.05, 0) is 62.0 Å². The molecule has 1 aromatic heterocycles. The number of aromatic hydroxyl groups is 1. The highest BCUT2D eigenvalue weighted by Crippen LogP contribution is 2.37. The molecule has 1 fully saturated rings. The molecule has 1 saturated heterocycles. The minimum atomic E-state index is -0.184. The summed E-state index contributed by atoms with van der Waals surface area (Å²) >= 11 is 10.1. The van der Waals surface area contributed by atoms with E-state index in [4.69, 9.17) is 17.0 Å². The van der Waals surface area contributed by atoms with Crippen molar-refractivity contribution in [2.75, 3.05) is 12.1 Å². The Morgan fingerprint density at radius 2 is 1.92 bits per heavy atom. The second kappa shape index (κ2) is 6.86. The highest BCUT2D eigenvalue weighted by molar-refractivity contribution is 9.10. The standard InChI is InChI=1S/C17H15BrN2O3S2/c1-9-4-5-10(2)19(9)20-16(22)15(25-17(20)24)7-11-6-14(23-3)13(21)8-12(11)18/h4-8,21H,1-3H3/b15-7-. The van der Waals surface area contributed by atoms with E-state index in [0.717, 1.165) is 17.0 Å². The highest BCUT2D eigenvalue weighted by atomic mass is 79.9. The van der Waals surface area contributed by atoms with E-state index >= 15 is 0 Å². The molecule has 1 aliphatic heterocycles. The Kier molecular flexibility index (Phi) is 4.95. The first-order valence-corrected chi connectivity index (χ1v) is 9.35. The third-order valence-corrected chi connectivity index (χ3v) is 5.76. The maximum Gasteiger partial charge on any atom is 0.285 e. The lowest BCUT2D eigenvalue weighted by molar-refractivity contribution is -0.114. The molecule has 0 spiro atoms. The number of hydrogen-bond donors (Lipinski definition) is 1. The molecule has 1 aromatic carbocycles. The molecule has 0 saturated carbocycles. The number of phenols is 1. The van der Waals surface area contributed by atoms with Gasteiger partial charge < -0.3 is 9.84 Å². The smallest absolute Gasteiger partial charge is 0.285 e. The zero-order valence-electron chi connectivity index (χ0n) is 13.7. The third kappa shape index (κ3) is 3.21. The number of ether oxygens (including phenoxy) is 1. The van der Waals surface area contributed by atoms with Gasteiger partial charge in [-0.3, -0.25) is 9.47 Å². The summed E-state index contributed by atoms with van der Waals surface area (Å²) in [5.41, 5.74) is 2.58. The molecule has 25 heavy (non-hydrogen) atoms. The zero-order valence-corrected chi connectivity index (χ0v) is 17.0. The van der Waals surface area contributed by atoms with Gasteiger partial charge in [0.1, 0.15) is 0 Å². The lowest BCUT2D eigenvalue weighted by Crippen LogP contribution is -2.39. The Labute approximate surface area is 163 Å². The van der Waals surface area contributed by atoms with Crippen molar-refractivity contribution in [2.45, 2.75) is 13.8 Å². The molecule has 1 amide bonds. The van der Waals surface area contributed by atoms with Gasteiger partial charge in [-0.2, -0.15) is 5.01 Å². The number of hydrogen-bond acceptors (Lipinski definition) is 5. The SMILES string of the molecule is COc1cc(/C=C2\SC(=S)N(n3c(C)ccc3C)C2=O)c(Br)cc1O. The molecule has 0 aliphatic carbocycles. The topological polar surface area (TPSA) is 54.7 Å². The summed E-state index contributed by atoms with van der Waals surface area (Å²) in [6, 6.07) is 7.09. The Balaban J connectivity index is 2.02. The van der Waals surface area contributed by atoms with E-state index < -0.39 is 0 Å². The van der Waals surface area contributed by atoms with Gasteiger partial charge >= 0.3 is 0 Å². The molecular formula is C17H15BrN2O3S2. The fraction of sp³-hybridized carbons (Fsp3) is 0.176. The third-order valence-electron chi connectivity index (χ3n) is 3.79. The second-order valence-electron chi connectivity index (χ2n) is 5.47. The Bertz CT molecular complexity index is 901. The number of methoxy groups -OCH3 is 1. The van der Waals surface area contributed by atoms with Gasteiger partial charge in [-0.15, -0.1) is 0 Å². The van der Waals surface area contributed by atoms with Crippen LogP contribution in [-0.2, 0) is 4.79 Å². The monoisotopic (exact) mass is 438 g/mol. The van der Waals surface area contributed by atoms with Crippen LogP contribution in [-0.4, -0.2) is 27.1 Å². The number of carbonyl (C=O) groups excluding carboxylic acids is 1. The van der Waals surface area contributed by atoms with E-state index in [1.165, 1.54) is 29.9 Å². The zero-order chi connectivity index (χ0) is 18.3. The summed E-state index contributed by atoms with van der Waals surface area (Å²) in [6.07, 6.45) is 1.74. The van der Waals surface area contributed by atoms with Crippen LogP contribution in [0.2, 0.25) is 0 Å². The van der Waals surface area contributed by atoms with E-state index in [9.17, 15) is 9.90 Å². The molecule has 2 heterocycles. The first-order valence-electron chi connectivity index (χ1n) is 7.33. The molecule has 2 aromatic rings. The quantitative estimate of drug-likeness (QED) is 0.576. The summed E-state index contributed by atoms with van der Waals surface area (Å²) in [5, 5.41) is 11.3. The Morgan fingerprint density at radius 3 is 2.52 bits per heavy atom. The average Bonchev–Trinajstić information content (AvgIpc) is 3.01. The summed E-state index contributed by atoms with van der Waals surface area (Å²) in [5.74, 6) is 0.177. The van der Waals surface area contributed by atoms with Crippen LogP contribution in [0.1, 0.15) is 17.0 Å². The lowest BCUT2D eigenvalue weighted by atomic mass is 10.2. The van der Waals surface area contributed by atoms with Gasteiger partial charge in [0.05, 0.1) is 12.0 Å². The van der Waals surface area contributed by atoms with Gasteiger partial charge in [-0.25, -0.2) is 0 Å². The minimum Gasteiger partial charge on any atom is -0.504 e. The van der Waals surface area contributed by atoms with E-state index in [1.54, 1.807) is 12.1 Å². The van der Waals surface area contributed by atoms with Crippen molar-refractivity contribution < 1.29 is 14.6 Å². The van der Waals surface area contributed by atoms with E-state index in [-0.39, 0.29) is 11.7 Å². The number of benzene rings is 1. The predicted molar refractivity (Wildman–Crippen MR) is 108 cm³/mol. The number of aryl methyl sites for hydroxylation is 2. The van der Waals surface area contributed by atoms with Crippen LogP contribution in [0.5, 0.6) is 11.5 Å². The van der Waals surface area contributed by atoms with Crippen molar-refractivity contribution in [3.05, 3.63) is 50.6 Å². The molecule has 5 nitrogen and oxygen atoms in total. The fourth-order valence-corrected chi connectivity index (χ4v) is 4.26. The predicted octanol–water partition coefficient (Wildman–Crippen LogP) is 4.12. The molecule has 0 atom stereocenters. The van der Waals surface area contributed by atoms with Crippen LogP contribution < -0.4 is 9.75 Å². The van der Waals surface area contributed by atoms with Crippen LogP contribution >= 0.6 is 39.9 Å². The van der Waals surface area contributed by atoms with Gasteiger partial charge in [0, 0.05) is 15.9 Å². The molecule has 1 aliphatic rings. The van der Waals surface area contributed by atoms with Gasteiger partial charge in [-0.1, -0.05) is 27.7 Å². The van der Waals surface area contributed by atoms with E-state index in [2.05, 4.69) is 15.9 Å². The number of halogens is 1. The molecule has 0 radical (unpaired) electrons. The van der Waals surface area contributed by atoms with Crippen molar-refractivity contribution in [3.63, 3.8) is 0 Å². The normalized spacial score (nSPS) is 16.2. The Hall–Kier alpha value is -1.77. The maximum absolute atomic E-state index is 12.9. The number of carbonyl (C=O) groups is 1. The van der Waals surface area contributed by atoms with Crippen molar-refractivity contribution >= 4 is 56.2 Å². The first kappa shape index (κ1) is 18.0. The summed E-state index contributed by atoms with van der Waals surface area (Å²) in [6.45, 7) is 3.85. The average molecular weight is 439 g/mol. The number of thiocarbonyl (C=S) groups is 1. The molecule has 130 valence electrons. The summed E-state index contributed by atoms with van der Waals surface area (Å²) in [4.78, 5) is 13.4. The first-order chi connectivity index (χ1) is 11.8. The van der Waals surface area contributed by atoms with Crippen molar-refractivity contribution in [1.29, 1.82) is 0 Å². The van der Waals surface area contributed by atoms with E-state index in [0.29, 0.717) is 19.4 Å². The van der Waals surface area contributed by atoms with Gasteiger partial charge in [0.2, 0.25) is 0 Å². The molecule has 8 heteroatoms. The van der Waals surface area contributed by atoms with Crippen LogP contribution in [0.4, 0.5) is 0 Å². The summed E-state index contributed by atoms with van der Waals surface area (Å²) in [7, 11) is 1.48. The van der Waals surface area contributed by atoms with Crippen molar-refractivity contribution in [1.82, 2.24) is 4.68 Å². The minimum absolute atomic E-state index is 0.0256. The van der Waals surface area contributed by atoms with Gasteiger partial charge in [0.25, 0.3) is 5.91 Å². The fourth-order valence-electron chi connectivity index (χ4n) is 2.58. The lowest BCUT2D eigenvalue weighted by Gasteiger charge is -2.20. The number of amides is 1. The number of aromatic nitrogens is 1. The number of phenolic OH excluding ortho intramolecular Hbond substituents is 1. The summed E-state index contributed by atoms with van der Waals surface area (Å²) < 4.78 is 8.07. The molecular weight excluding hydrogens is 424 g/mol. The number of rotatable bonds is 3. The highest BCUT2D eigenvalue weighted by Gasteiger charge is 2.34. The largest absolute Gasteiger partial charge is 0.504 e. The van der Waals surface area contributed by atoms with Crippen LogP contribution in [0.25, 0.3) is 6.08 Å². The molecule has 3 rings (SSSR count). The Morgan fingerprint density at radius 1 is 1.28 bits per heavy atom. The van der Waals surface area contributed by atoms with Crippen molar-refractivity contribution in [2.24, 2.45) is 0 Å². The molecule has 0 bridgehead atoms. The van der Waals surface area contributed by atoms with Crippen LogP contribution in [0, 0.1) is 13.8 Å². The van der Waals surface area contributed by atoms with Gasteiger partial charge in [0.15, 0.2) is 15.8 Å². The maximum atomic E-state index is 12.9. The number of nitrogens with zero attached hydrogens (tertiary/aromatic N) is 2. The van der Waals surface area contributed by atoms with Crippen LogP contribution in [0.15, 0.2) is 33.6 Å². The van der Waals surface area contributed by atoms with E-state index in [1.807, 2.05) is 30.7 Å². The molecule has 0 unspecified atom stereocenters. The van der Waals surface area contributed by atoms with Crippen LogP contribution in [0.3, 0.4) is 0 Å². The number of thioether (sulfide) groups is 1. The molecule has 1 N–H and O–H groups in total. The second-order valence-corrected chi connectivity index (χ2v) is 8.00. The van der Waals surface area contributed by atoms with Crippen molar-refractivity contribution in [3.8, 4) is 11.5 Å².